The van der Waals surface area contributed by atoms with Gasteiger partial charge in [-0.1, -0.05) is 29.8 Å². The van der Waals surface area contributed by atoms with E-state index >= 15 is 0 Å². The van der Waals surface area contributed by atoms with Gasteiger partial charge in [0.15, 0.2) is 0 Å². The SMILES string of the molecule is CC(C)CCOc1ccc(Br)cc1C(=O)Oc1ccc(C(=O)O)cc1. The fraction of sp³-hybridized carbons (Fsp3) is 0.263. The summed E-state index contributed by atoms with van der Waals surface area (Å²) in [7, 11) is 0. The second-order valence-electron chi connectivity index (χ2n) is 5.89. The van der Waals surface area contributed by atoms with Gasteiger partial charge in [0.2, 0.25) is 0 Å². The van der Waals surface area contributed by atoms with E-state index in [-0.39, 0.29) is 11.3 Å². The molecule has 0 atom stereocenters. The van der Waals surface area contributed by atoms with Crippen LogP contribution in [0, 0.1) is 5.92 Å². The maximum atomic E-state index is 12.5. The van der Waals surface area contributed by atoms with Crippen LogP contribution in [-0.2, 0) is 0 Å². The van der Waals surface area contributed by atoms with Gasteiger partial charge in [-0.2, -0.15) is 0 Å². The van der Waals surface area contributed by atoms with E-state index in [1.807, 2.05) is 0 Å². The molecule has 0 saturated heterocycles. The van der Waals surface area contributed by atoms with Gasteiger partial charge in [0.05, 0.1) is 12.2 Å². The van der Waals surface area contributed by atoms with Crippen LogP contribution >= 0.6 is 15.9 Å². The highest BCUT2D eigenvalue weighted by Gasteiger charge is 2.16. The minimum absolute atomic E-state index is 0.125. The van der Waals surface area contributed by atoms with Crippen molar-refractivity contribution in [1.29, 1.82) is 0 Å². The van der Waals surface area contributed by atoms with Crippen LogP contribution in [0.2, 0.25) is 0 Å². The Kier molecular flexibility index (Phi) is 6.58. The quantitative estimate of drug-likeness (QED) is 0.528. The Labute approximate surface area is 154 Å². The fourth-order valence-electron chi connectivity index (χ4n) is 2.02. The summed E-state index contributed by atoms with van der Waals surface area (Å²) in [5.41, 5.74) is 0.431. The molecule has 0 aromatic heterocycles. The summed E-state index contributed by atoms with van der Waals surface area (Å²) in [4.78, 5) is 23.3. The first-order chi connectivity index (χ1) is 11.9. The number of rotatable bonds is 7. The predicted molar refractivity (Wildman–Crippen MR) is 97.5 cm³/mol. The summed E-state index contributed by atoms with van der Waals surface area (Å²) in [6.07, 6.45) is 0.876. The molecule has 1 N–H and O–H groups in total. The molecule has 0 bridgehead atoms. The first-order valence-electron chi connectivity index (χ1n) is 7.84. The Morgan fingerprint density at radius 3 is 2.40 bits per heavy atom. The maximum Gasteiger partial charge on any atom is 0.347 e. The van der Waals surface area contributed by atoms with Crippen molar-refractivity contribution in [3.05, 3.63) is 58.1 Å². The van der Waals surface area contributed by atoms with Gasteiger partial charge in [-0.3, -0.25) is 0 Å². The van der Waals surface area contributed by atoms with E-state index < -0.39 is 11.9 Å². The summed E-state index contributed by atoms with van der Waals surface area (Å²) < 4.78 is 11.8. The zero-order valence-corrected chi connectivity index (χ0v) is 15.6. The van der Waals surface area contributed by atoms with Crippen LogP contribution in [0.4, 0.5) is 0 Å². The summed E-state index contributed by atoms with van der Waals surface area (Å²) in [6, 6.07) is 10.8. The van der Waals surface area contributed by atoms with Gasteiger partial charge >= 0.3 is 11.9 Å². The average Bonchev–Trinajstić information content (AvgIpc) is 2.56. The van der Waals surface area contributed by atoms with Gasteiger partial charge in [-0.25, -0.2) is 9.59 Å². The highest BCUT2D eigenvalue weighted by Crippen LogP contribution is 2.25. The number of hydrogen-bond acceptors (Lipinski definition) is 4. The average molecular weight is 407 g/mol. The second-order valence-corrected chi connectivity index (χ2v) is 6.81. The number of ether oxygens (including phenoxy) is 2. The largest absolute Gasteiger partial charge is 0.493 e. The Hall–Kier alpha value is -2.34. The molecule has 2 aromatic rings. The number of esters is 1. The number of carbonyl (C=O) groups is 2. The molecule has 0 aliphatic rings. The van der Waals surface area contributed by atoms with Gasteiger partial charge in [-0.15, -0.1) is 0 Å². The molecule has 0 unspecified atom stereocenters. The van der Waals surface area contributed by atoms with Crippen LogP contribution in [0.5, 0.6) is 11.5 Å². The molecule has 0 spiro atoms. The highest BCUT2D eigenvalue weighted by atomic mass is 79.9. The third kappa shape index (κ3) is 5.60. The van der Waals surface area contributed by atoms with E-state index in [1.54, 1.807) is 18.2 Å². The highest BCUT2D eigenvalue weighted by molar-refractivity contribution is 9.10. The molecule has 2 aromatic carbocycles. The molecule has 5 nitrogen and oxygen atoms in total. The Morgan fingerprint density at radius 2 is 1.80 bits per heavy atom. The van der Waals surface area contributed by atoms with Crippen LogP contribution in [0.1, 0.15) is 41.0 Å². The first kappa shape index (κ1) is 19.0. The lowest BCUT2D eigenvalue weighted by Crippen LogP contribution is -2.12. The summed E-state index contributed by atoms with van der Waals surface area (Å²) in [5, 5.41) is 8.89. The van der Waals surface area contributed by atoms with Crippen molar-refractivity contribution in [3.8, 4) is 11.5 Å². The van der Waals surface area contributed by atoms with Crippen molar-refractivity contribution in [2.75, 3.05) is 6.61 Å². The third-order valence-electron chi connectivity index (χ3n) is 3.43. The third-order valence-corrected chi connectivity index (χ3v) is 3.92. The normalized spacial score (nSPS) is 10.6. The van der Waals surface area contributed by atoms with E-state index in [0.717, 1.165) is 10.9 Å². The number of benzene rings is 2. The molecular weight excluding hydrogens is 388 g/mol. The zero-order valence-electron chi connectivity index (χ0n) is 14.0. The van der Waals surface area contributed by atoms with Crippen LogP contribution in [0.3, 0.4) is 0 Å². The van der Waals surface area contributed by atoms with Crippen molar-refractivity contribution >= 4 is 27.9 Å². The Morgan fingerprint density at radius 1 is 1.12 bits per heavy atom. The summed E-state index contributed by atoms with van der Waals surface area (Å²) in [5.74, 6) is -0.382. The fourth-order valence-corrected chi connectivity index (χ4v) is 2.38. The lowest BCUT2D eigenvalue weighted by molar-refractivity contribution is 0.0696. The molecule has 0 aliphatic carbocycles. The predicted octanol–water partition coefficient (Wildman–Crippen LogP) is 4.79. The maximum absolute atomic E-state index is 12.5. The number of carboxylic acids is 1. The van der Waals surface area contributed by atoms with Crippen LogP contribution in [0.15, 0.2) is 46.9 Å². The molecule has 6 heteroatoms. The smallest absolute Gasteiger partial charge is 0.347 e. The second kappa shape index (κ2) is 8.67. The van der Waals surface area contributed by atoms with E-state index in [0.29, 0.717) is 23.8 Å². The monoisotopic (exact) mass is 406 g/mol. The summed E-state index contributed by atoms with van der Waals surface area (Å²) in [6.45, 7) is 4.70. The molecule has 0 radical (unpaired) electrons. The minimum atomic E-state index is -1.04. The minimum Gasteiger partial charge on any atom is -0.493 e. The standard InChI is InChI=1S/C19H19BrO5/c1-12(2)9-10-24-17-8-5-14(20)11-16(17)19(23)25-15-6-3-13(4-7-15)18(21)22/h3-8,11-12H,9-10H2,1-2H3,(H,21,22). The van der Waals surface area contributed by atoms with E-state index in [2.05, 4.69) is 29.8 Å². The molecule has 132 valence electrons. The van der Waals surface area contributed by atoms with Crippen molar-refractivity contribution < 1.29 is 24.2 Å². The van der Waals surface area contributed by atoms with Gasteiger partial charge in [0, 0.05) is 4.47 Å². The van der Waals surface area contributed by atoms with Crippen molar-refractivity contribution in [2.45, 2.75) is 20.3 Å². The van der Waals surface area contributed by atoms with Crippen LogP contribution < -0.4 is 9.47 Å². The number of hydrogen-bond donors (Lipinski definition) is 1. The molecular formula is C19H19BrO5. The van der Waals surface area contributed by atoms with Crippen molar-refractivity contribution in [1.82, 2.24) is 0 Å². The van der Waals surface area contributed by atoms with Gasteiger partial charge < -0.3 is 14.6 Å². The first-order valence-corrected chi connectivity index (χ1v) is 8.64. The zero-order chi connectivity index (χ0) is 18.4. The van der Waals surface area contributed by atoms with Gasteiger partial charge in [0.25, 0.3) is 0 Å². The summed E-state index contributed by atoms with van der Waals surface area (Å²) >= 11 is 3.34. The number of carbonyl (C=O) groups excluding carboxylic acids is 1. The molecule has 25 heavy (non-hydrogen) atoms. The van der Waals surface area contributed by atoms with E-state index in [1.165, 1.54) is 24.3 Å². The molecule has 0 fully saturated rings. The lowest BCUT2D eigenvalue weighted by atomic mass is 10.1. The molecule has 0 saturated carbocycles. The van der Waals surface area contributed by atoms with Gasteiger partial charge in [-0.05, 0) is 54.8 Å². The Balaban J connectivity index is 2.14. The van der Waals surface area contributed by atoms with Gasteiger partial charge in [0.1, 0.15) is 17.1 Å². The number of aromatic carboxylic acids is 1. The molecule has 0 aliphatic heterocycles. The van der Waals surface area contributed by atoms with Crippen molar-refractivity contribution in [3.63, 3.8) is 0 Å². The molecule has 2 rings (SSSR count). The number of halogens is 1. The Bertz CT molecular complexity index is 753. The van der Waals surface area contributed by atoms with Crippen molar-refractivity contribution in [2.24, 2.45) is 5.92 Å². The molecule has 0 heterocycles. The number of carboxylic acid groups (broad SMARTS) is 1. The van der Waals surface area contributed by atoms with E-state index in [9.17, 15) is 9.59 Å². The van der Waals surface area contributed by atoms with E-state index in [4.69, 9.17) is 14.6 Å². The molecule has 0 amide bonds. The lowest BCUT2D eigenvalue weighted by Gasteiger charge is -2.12. The van der Waals surface area contributed by atoms with Crippen LogP contribution in [-0.4, -0.2) is 23.7 Å². The topological polar surface area (TPSA) is 72.8 Å². The van der Waals surface area contributed by atoms with Crippen LogP contribution in [0.25, 0.3) is 0 Å².